The van der Waals surface area contributed by atoms with Crippen LogP contribution in [-0.4, -0.2) is 78.1 Å². The molecule has 0 fully saturated rings. The van der Waals surface area contributed by atoms with Crippen LogP contribution in [0.2, 0.25) is 0 Å². The predicted octanol–water partition coefficient (Wildman–Crippen LogP) is 1.81. The van der Waals surface area contributed by atoms with Crippen molar-refractivity contribution in [2.75, 3.05) is 19.1 Å². The Bertz CT molecular complexity index is 449. The first kappa shape index (κ1) is 27.7. The number of hydrogen-bond donors (Lipinski definition) is 1. The Labute approximate surface area is 177 Å². The maximum atomic E-state index is 12.5. The Morgan fingerprint density at radius 1 is 1.04 bits per heavy atom. The summed E-state index contributed by atoms with van der Waals surface area (Å²) in [6.45, 7) is 10.2. The van der Waals surface area contributed by atoms with E-state index in [4.69, 9.17) is 25.8 Å². The number of carbonyl (C=O) groups is 3. The first-order chi connectivity index (χ1) is 11.5. The summed E-state index contributed by atoms with van der Waals surface area (Å²) in [7, 11) is 0. The molecule has 0 rings (SSSR count). The largest absolute Gasteiger partial charge is 0.464 e. The summed E-state index contributed by atoms with van der Waals surface area (Å²) in [5.41, 5.74) is -2.35. The Morgan fingerprint density at radius 2 is 1.50 bits per heavy atom. The molecule has 0 saturated heterocycles. The van der Waals surface area contributed by atoms with Crippen molar-refractivity contribution in [3.8, 4) is 0 Å². The molecule has 0 aliphatic heterocycles. The number of esters is 2. The second kappa shape index (κ2) is 12.8. The molecule has 0 heterocycles. The molecule has 0 spiro atoms. The van der Waals surface area contributed by atoms with Crippen LogP contribution in [-0.2, 0) is 28.6 Å². The van der Waals surface area contributed by atoms with Crippen LogP contribution in [0, 0.1) is 0 Å². The average molecular weight is 499 g/mol. The van der Waals surface area contributed by atoms with Gasteiger partial charge in [-0.2, -0.15) is 0 Å². The molecule has 0 aromatic heterocycles. The van der Waals surface area contributed by atoms with Gasteiger partial charge in [0.1, 0.15) is 0 Å². The molecule has 0 aliphatic carbocycles. The molecule has 7 nitrogen and oxygen atoms in total. The van der Waals surface area contributed by atoms with Gasteiger partial charge in [-0.1, -0.05) is 0 Å². The summed E-state index contributed by atoms with van der Waals surface area (Å²) < 4.78 is 15.8. The van der Waals surface area contributed by atoms with Crippen LogP contribution < -0.4 is 5.32 Å². The quantitative estimate of drug-likeness (QED) is 0.214. The van der Waals surface area contributed by atoms with Gasteiger partial charge in [0.05, 0.1) is 24.9 Å². The van der Waals surface area contributed by atoms with Gasteiger partial charge >= 0.3 is 11.9 Å². The molecule has 0 bridgehead atoms. The van der Waals surface area contributed by atoms with E-state index in [1.807, 2.05) is 20.8 Å². The van der Waals surface area contributed by atoms with Crippen molar-refractivity contribution in [1.29, 1.82) is 0 Å². The van der Waals surface area contributed by atoms with Crippen molar-refractivity contribution in [2.24, 2.45) is 0 Å². The van der Waals surface area contributed by atoms with Gasteiger partial charge in [0, 0.05) is 36.7 Å². The van der Waals surface area contributed by atoms with E-state index in [0.717, 1.165) is 0 Å². The SMILES string of the molecule is CCOC(=O)C(CC[C@@H](CCl)OC(C)(C)C)(NC(C)=O)C(=O)OCC.[Sn]. The molecule has 0 aromatic rings. The summed E-state index contributed by atoms with van der Waals surface area (Å²) >= 11 is 5.94. The molecule has 0 aromatic carbocycles. The number of amides is 1. The molecule has 1 N–H and O–H groups in total. The number of halogens is 1. The Kier molecular flexibility index (Phi) is 13.6. The molecule has 1 amide bonds. The van der Waals surface area contributed by atoms with Crippen molar-refractivity contribution in [3.05, 3.63) is 0 Å². The molecule has 4 radical (unpaired) electrons. The molecular formula is C17H30ClNO6Sn. The number of carbonyl (C=O) groups excluding carboxylic acids is 3. The third-order valence-corrected chi connectivity index (χ3v) is 3.52. The molecule has 1 atom stereocenters. The van der Waals surface area contributed by atoms with Gasteiger partial charge < -0.3 is 19.5 Å². The van der Waals surface area contributed by atoms with Crippen molar-refractivity contribution in [3.63, 3.8) is 0 Å². The summed E-state index contributed by atoms with van der Waals surface area (Å²) in [5, 5.41) is 2.42. The smallest absolute Gasteiger partial charge is 0.343 e. The maximum Gasteiger partial charge on any atom is 0.343 e. The Morgan fingerprint density at radius 3 is 1.81 bits per heavy atom. The van der Waals surface area contributed by atoms with Gasteiger partial charge in [-0.3, -0.25) is 4.79 Å². The number of hydrogen-bond acceptors (Lipinski definition) is 6. The normalized spacial score (nSPS) is 12.6. The fourth-order valence-electron chi connectivity index (χ4n) is 2.31. The fraction of sp³-hybridized carbons (Fsp3) is 0.824. The maximum absolute atomic E-state index is 12.5. The molecule has 0 saturated carbocycles. The number of alkyl halides is 1. The molecule has 26 heavy (non-hydrogen) atoms. The van der Waals surface area contributed by atoms with E-state index >= 15 is 0 Å². The minimum atomic E-state index is -1.91. The number of nitrogens with one attached hydrogen (secondary N) is 1. The van der Waals surface area contributed by atoms with E-state index in [0.29, 0.717) is 0 Å². The van der Waals surface area contributed by atoms with Crippen LogP contribution in [0.15, 0.2) is 0 Å². The minimum Gasteiger partial charge on any atom is -0.464 e. The minimum absolute atomic E-state index is 0. The molecule has 9 heteroatoms. The van der Waals surface area contributed by atoms with Crippen molar-refractivity contribution in [1.82, 2.24) is 5.32 Å². The van der Waals surface area contributed by atoms with E-state index in [1.165, 1.54) is 6.92 Å². The van der Waals surface area contributed by atoms with E-state index < -0.39 is 35.1 Å². The van der Waals surface area contributed by atoms with Crippen LogP contribution in [0.5, 0.6) is 0 Å². The van der Waals surface area contributed by atoms with Crippen LogP contribution >= 0.6 is 11.6 Å². The first-order valence-corrected chi connectivity index (χ1v) is 8.92. The average Bonchev–Trinajstić information content (AvgIpc) is 2.48. The topological polar surface area (TPSA) is 90.9 Å². The second-order valence-electron chi connectivity index (χ2n) is 6.57. The summed E-state index contributed by atoms with van der Waals surface area (Å²) in [4.78, 5) is 36.6. The monoisotopic (exact) mass is 499 g/mol. The predicted molar refractivity (Wildman–Crippen MR) is 100 cm³/mol. The van der Waals surface area contributed by atoms with Gasteiger partial charge in [-0.15, -0.1) is 11.6 Å². The van der Waals surface area contributed by atoms with Crippen molar-refractivity contribution in [2.45, 2.75) is 71.6 Å². The Balaban J connectivity index is 0. The third kappa shape index (κ3) is 9.41. The zero-order valence-corrected chi connectivity index (χ0v) is 20.1. The van der Waals surface area contributed by atoms with Gasteiger partial charge in [0.2, 0.25) is 11.4 Å². The van der Waals surface area contributed by atoms with E-state index in [9.17, 15) is 14.4 Å². The first-order valence-electron chi connectivity index (χ1n) is 8.39. The van der Waals surface area contributed by atoms with Gasteiger partial charge in [0.15, 0.2) is 0 Å². The summed E-state index contributed by atoms with van der Waals surface area (Å²) in [5.74, 6) is -2.07. The van der Waals surface area contributed by atoms with Gasteiger partial charge in [0.25, 0.3) is 0 Å². The fourth-order valence-corrected chi connectivity index (χ4v) is 2.52. The molecule has 0 aliphatic rings. The molecular weight excluding hydrogens is 468 g/mol. The Hall–Kier alpha value is -0.541. The summed E-state index contributed by atoms with van der Waals surface area (Å²) in [6, 6.07) is 0. The van der Waals surface area contributed by atoms with E-state index in [1.54, 1.807) is 13.8 Å². The van der Waals surface area contributed by atoms with Crippen LogP contribution in [0.1, 0.15) is 54.4 Å². The number of rotatable bonds is 10. The standard InChI is InChI=1S/C17H30ClNO6.Sn/c1-7-23-14(21)17(19-12(3)20,15(22)24-8-2)10-9-13(11-18)25-16(4,5)6;/h13H,7-11H2,1-6H3,(H,19,20);/t13-;/m0./s1. The molecule has 150 valence electrons. The van der Waals surface area contributed by atoms with E-state index in [-0.39, 0.29) is 55.8 Å². The van der Waals surface area contributed by atoms with E-state index in [2.05, 4.69) is 5.32 Å². The molecule has 0 unspecified atom stereocenters. The second-order valence-corrected chi connectivity index (χ2v) is 6.88. The van der Waals surface area contributed by atoms with Gasteiger partial charge in [-0.05, 0) is 47.5 Å². The zero-order chi connectivity index (χ0) is 19.7. The van der Waals surface area contributed by atoms with Crippen molar-refractivity contribution < 1.29 is 28.6 Å². The zero-order valence-electron chi connectivity index (χ0n) is 16.4. The van der Waals surface area contributed by atoms with Crippen molar-refractivity contribution >= 4 is 53.4 Å². The number of ether oxygens (including phenoxy) is 3. The van der Waals surface area contributed by atoms with Crippen LogP contribution in [0.4, 0.5) is 0 Å². The third-order valence-electron chi connectivity index (χ3n) is 3.17. The summed E-state index contributed by atoms with van der Waals surface area (Å²) in [6.07, 6.45) is -0.185. The van der Waals surface area contributed by atoms with Gasteiger partial charge in [-0.25, -0.2) is 9.59 Å². The van der Waals surface area contributed by atoms with Crippen LogP contribution in [0.3, 0.4) is 0 Å². The van der Waals surface area contributed by atoms with Crippen LogP contribution in [0.25, 0.3) is 0 Å².